The van der Waals surface area contributed by atoms with Gasteiger partial charge in [0.25, 0.3) is 0 Å². The molecule has 0 N–H and O–H groups in total. The molecule has 1 aromatic carbocycles. The second-order valence-corrected chi connectivity index (χ2v) is 98.2. The number of allylic oxidation sites excluding steroid dienone is 1. The van der Waals surface area contributed by atoms with Crippen LogP contribution in [0.1, 0.15) is 14.8 Å². The molecule has 0 aromatic heterocycles. The van der Waals surface area contributed by atoms with E-state index in [0.717, 1.165) is 0 Å². The molecule has 2 rings (SSSR count). The molecule has 0 spiro atoms. The van der Waals surface area contributed by atoms with Gasteiger partial charge in [0.15, 0.2) is 0 Å². The van der Waals surface area contributed by atoms with Crippen molar-refractivity contribution in [3.63, 3.8) is 0 Å². The van der Waals surface area contributed by atoms with Crippen LogP contribution < -0.4 is 0 Å². The zero-order valence-electron chi connectivity index (χ0n) is 7.68. The third kappa shape index (κ3) is 2.64. The molecule has 1 aliphatic rings. The van der Waals surface area contributed by atoms with E-state index in [1.807, 2.05) is 0 Å². The second-order valence-electron chi connectivity index (χ2n) is 3.86. The van der Waals surface area contributed by atoms with E-state index in [9.17, 15) is 0 Å². The quantitative estimate of drug-likeness (QED) is 0.371. The van der Waals surface area contributed by atoms with E-state index in [1.54, 1.807) is 5.56 Å². The molecule has 0 fully saturated rings. The van der Waals surface area contributed by atoms with Crippen molar-refractivity contribution in [2.24, 2.45) is 0 Å². The van der Waals surface area contributed by atoms with Gasteiger partial charge < -0.3 is 0 Å². The van der Waals surface area contributed by atoms with Crippen LogP contribution in [0, 0.1) is 0 Å². The van der Waals surface area contributed by atoms with Crippen LogP contribution in [0.2, 0.25) is 4.63 Å². The fraction of sp³-hybridized carbons (Fsp3) is 0.200. The normalized spacial score (nSPS) is 22.9. The minimum atomic E-state index is -2.49. The van der Waals surface area contributed by atoms with Gasteiger partial charge in [0.2, 0.25) is 0 Å². The summed E-state index contributed by atoms with van der Waals surface area (Å²) < 4.78 is 3.19. The zero-order chi connectivity index (χ0) is 10.4. The summed E-state index contributed by atoms with van der Waals surface area (Å²) in [5.74, 6) is 0. The van der Waals surface area contributed by atoms with Gasteiger partial charge in [-0.15, -0.1) is 0 Å². The predicted molar refractivity (Wildman–Crippen MR) is 86.1 cm³/mol. The number of halogens is 3. The Morgan fingerprint density at radius 3 is 2.43 bits per heavy atom. The van der Waals surface area contributed by atoms with Crippen LogP contribution in [0.25, 0.3) is 6.08 Å². The molecule has 0 aliphatic heterocycles. The summed E-state index contributed by atoms with van der Waals surface area (Å²) in [6.45, 7) is 0. The first-order valence-corrected chi connectivity index (χ1v) is 30.2. The SMILES string of the molecule is [CH3][Zr]([I])([I])([I])[CH]1C=Cc2ccccc21. The van der Waals surface area contributed by atoms with Crippen LogP contribution in [0.4, 0.5) is 0 Å². The summed E-state index contributed by atoms with van der Waals surface area (Å²) >= 11 is 8.22. The molecule has 0 saturated carbocycles. The van der Waals surface area contributed by atoms with Crippen molar-refractivity contribution in [1.82, 2.24) is 0 Å². The molecule has 1 unspecified atom stereocenters. The predicted octanol–water partition coefficient (Wildman–Crippen LogP) is 5.54. The minimum absolute atomic E-state index is 0.703. The number of rotatable bonds is 1. The Balaban J connectivity index is 2.51. The third-order valence-electron chi connectivity index (χ3n) is 2.46. The molecule has 0 bridgehead atoms. The van der Waals surface area contributed by atoms with E-state index >= 15 is 0 Å². The Labute approximate surface area is 114 Å². The number of hydrogen-bond acceptors (Lipinski definition) is 0. The monoisotopic (exact) mass is 601 g/mol. The van der Waals surface area contributed by atoms with Gasteiger partial charge in [-0.1, -0.05) is 0 Å². The summed E-state index contributed by atoms with van der Waals surface area (Å²) in [4.78, 5) is 0. The Morgan fingerprint density at radius 2 is 1.79 bits per heavy atom. The molecule has 4 heteroatoms. The van der Waals surface area contributed by atoms with Crippen LogP contribution in [-0.4, -0.2) is 0 Å². The number of hydrogen-bond donors (Lipinski definition) is 0. The van der Waals surface area contributed by atoms with Crippen molar-refractivity contribution in [2.75, 3.05) is 0 Å². The molecular weight excluding hydrogens is 592 g/mol. The van der Waals surface area contributed by atoms with Gasteiger partial charge >= 0.3 is 116 Å². The van der Waals surface area contributed by atoms with E-state index in [-0.39, 0.29) is 0 Å². The fourth-order valence-electron chi connectivity index (χ4n) is 1.79. The van der Waals surface area contributed by atoms with E-state index in [2.05, 4.69) is 95.2 Å². The average molecular weight is 602 g/mol. The maximum absolute atomic E-state index is 2.74. The van der Waals surface area contributed by atoms with Gasteiger partial charge in [-0.05, 0) is 0 Å². The molecule has 0 radical (unpaired) electrons. The van der Waals surface area contributed by atoms with Gasteiger partial charge in [0.1, 0.15) is 0 Å². The molecule has 1 aliphatic carbocycles. The van der Waals surface area contributed by atoms with Gasteiger partial charge in [0, 0.05) is 0 Å². The topological polar surface area (TPSA) is 0 Å². The van der Waals surface area contributed by atoms with Gasteiger partial charge in [-0.25, -0.2) is 0 Å². The zero-order valence-corrected chi connectivity index (χ0v) is 16.6. The summed E-state index contributed by atoms with van der Waals surface area (Å²) in [5.41, 5.74) is 2.96. The molecule has 0 nitrogen and oxygen atoms in total. The first-order valence-electron chi connectivity index (χ1n) is 4.43. The summed E-state index contributed by atoms with van der Waals surface area (Å²) in [6, 6.07) is 8.78. The Hall–Kier alpha value is 2.03. The van der Waals surface area contributed by atoms with Crippen molar-refractivity contribution in [3.05, 3.63) is 41.5 Å². The van der Waals surface area contributed by atoms with E-state index in [4.69, 9.17) is 0 Å². The number of benzene rings is 1. The van der Waals surface area contributed by atoms with E-state index < -0.39 is 6.21 Å². The van der Waals surface area contributed by atoms with Crippen LogP contribution in [0.3, 0.4) is 0 Å². The summed E-state index contributed by atoms with van der Waals surface area (Å²) in [5, 5.41) is 0. The molecule has 75 valence electrons. The average Bonchev–Trinajstić information content (AvgIpc) is 2.44. The Bertz CT molecular complexity index is 394. The van der Waals surface area contributed by atoms with Gasteiger partial charge in [-0.3, -0.25) is 0 Å². The van der Waals surface area contributed by atoms with Crippen molar-refractivity contribution >= 4 is 60.2 Å². The van der Waals surface area contributed by atoms with Crippen molar-refractivity contribution in [1.29, 1.82) is 0 Å². The molecule has 0 amide bonds. The third-order valence-corrected chi connectivity index (χ3v) is 18.9. The molecule has 1 atom stereocenters. The molecule has 0 saturated heterocycles. The van der Waals surface area contributed by atoms with Crippen LogP contribution in [-0.2, 0) is 6.21 Å². The second kappa shape index (κ2) is 4.05. The molecular formula is C10H10I3Zr. The van der Waals surface area contributed by atoms with Gasteiger partial charge in [0.05, 0.1) is 0 Å². The molecule has 1 aromatic rings. The van der Waals surface area contributed by atoms with Crippen molar-refractivity contribution < 1.29 is 6.21 Å². The van der Waals surface area contributed by atoms with E-state index in [1.165, 1.54) is 5.56 Å². The Kier molecular flexibility index (Phi) is 3.61. The Morgan fingerprint density at radius 1 is 1.14 bits per heavy atom. The first kappa shape index (κ1) is 12.5. The van der Waals surface area contributed by atoms with Crippen LogP contribution in [0.15, 0.2) is 30.3 Å². The van der Waals surface area contributed by atoms with E-state index in [0.29, 0.717) is 3.63 Å². The molecule has 0 heterocycles. The number of fused-ring (bicyclic) bond motifs is 1. The van der Waals surface area contributed by atoms with Gasteiger partial charge in [-0.2, -0.15) is 0 Å². The first-order chi connectivity index (χ1) is 6.35. The summed E-state index contributed by atoms with van der Waals surface area (Å²) in [6.07, 6.45) is 2.20. The van der Waals surface area contributed by atoms with Crippen LogP contribution in [0.5, 0.6) is 0 Å². The maximum atomic E-state index is 2.74. The standard InChI is InChI=1S/C9H7.CH3.3HI.Zr/c1-2-5-9-7-3-6-8(9)4-1;;;;;/h1-7H;1H3;3*1H;/q;;;;;+3/p-3. The van der Waals surface area contributed by atoms with Crippen molar-refractivity contribution in [2.45, 2.75) is 8.26 Å². The van der Waals surface area contributed by atoms with Crippen LogP contribution >= 0.6 is 54.1 Å². The molecule has 14 heavy (non-hydrogen) atoms. The van der Waals surface area contributed by atoms with Crippen molar-refractivity contribution in [3.8, 4) is 0 Å². The summed E-state index contributed by atoms with van der Waals surface area (Å²) in [7, 11) is 0. The fourth-order valence-corrected chi connectivity index (χ4v) is 14.9.